The van der Waals surface area contributed by atoms with Crippen LogP contribution in [-0.4, -0.2) is 59.8 Å². The van der Waals surface area contributed by atoms with Gasteiger partial charge in [0.25, 0.3) is 0 Å². The fourth-order valence-electron chi connectivity index (χ4n) is 3.03. The molecular weight excluding hydrogens is 467 g/mol. The highest BCUT2D eigenvalue weighted by molar-refractivity contribution is 8.01. The van der Waals surface area contributed by atoms with Gasteiger partial charge in [0.05, 0.1) is 30.6 Å². The van der Waals surface area contributed by atoms with Crippen LogP contribution in [0.2, 0.25) is 10.0 Å². The number of hydrogen-bond donors (Lipinski definition) is 2. The Labute approximate surface area is 193 Å². The first kappa shape index (κ1) is 23.3. The number of thiazole rings is 1. The molecule has 1 aliphatic rings. The summed E-state index contributed by atoms with van der Waals surface area (Å²) < 4.78 is 6.52. The Hall–Kier alpha value is -1.36. The van der Waals surface area contributed by atoms with Gasteiger partial charge in [0.2, 0.25) is 11.8 Å². The van der Waals surface area contributed by atoms with Crippen LogP contribution in [0.5, 0.6) is 0 Å². The van der Waals surface area contributed by atoms with Gasteiger partial charge in [-0.1, -0.05) is 35.0 Å². The molecule has 2 aromatic rings. The van der Waals surface area contributed by atoms with E-state index < -0.39 is 5.91 Å². The lowest BCUT2D eigenvalue weighted by Gasteiger charge is -2.33. The summed E-state index contributed by atoms with van der Waals surface area (Å²) in [5, 5.41) is 5.93. The molecule has 0 bridgehead atoms. The number of aromatic nitrogens is 1. The van der Waals surface area contributed by atoms with Crippen LogP contribution >= 0.6 is 46.3 Å². The number of carbonyl (C=O) groups excluding carboxylic acids is 2. The molecule has 162 valence electrons. The second-order valence-corrected chi connectivity index (χ2v) is 9.80. The molecule has 0 aliphatic carbocycles. The number of primary amides is 1. The van der Waals surface area contributed by atoms with Gasteiger partial charge in [0.15, 0.2) is 4.34 Å². The summed E-state index contributed by atoms with van der Waals surface area (Å²) in [6, 6.07) is 5.53. The number of nitrogens with two attached hydrogens (primary N) is 1. The van der Waals surface area contributed by atoms with E-state index in [0.717, 1.165) is 23.0 Å². The predicted molar refractivity (Wildman–Crippen MR) is 120 cm³/mol. The minimum absolute atomic E-state index is 0.0793. The lowest BCUT2D eigenvalue weighted by molar-refractivity contribution is -0.120. The first-order valence-corrected chi connectivity index (χ1v) is 11.9. The molecule has 0 saturated carbocycles. The van der Waals surface area contributed by atoms with Crippen LogP contribution in [0.15, 0.2) is 27.9 Å². The standard InChI is InChI=1S/C19H22Cl2N4O3S2/c20-13-3-12(4-14(21)5-13)8-25-1-2-28-16(9-25)7-23-18(27)11-30-19-24-15(10-29-19)6-17(22)26/h3-5,10,16H,1-2,6-9,11H2,(H2,22,26)(H,23,27). The van der Waals surface area contributed by atoms with Gasteiger partial charge in [-0.2, -0.15) is 0 Å². The molecule has 3 rings (SSSR count). The van der Waals surface area contributed by atoms with Crippen molar-refractivity contribution in [3.8, 4) is 0 Å². The van der Waals surface area contributed by atoms with Gasteiger partial charge in [-0.05, 0) is 23.8 Å². The summed E-state index contributed by atoms with van der Waals surface area (Å²) in [7, 11) is 0. The maximum atomic E-state index is 12.2. The molecule has 1 fully saturated rings. The van der Waals surface area contributed by atoms with E-state index in [4.69, 9.17) is 33.7 Å². The lowest BCUT2D eigenvalue weighted by Crippen LogP contribution is -2.47. The summed E-state index contributed by atoms with van der Waals surface area (Å²) >= 11 is 14.9. The quantitative estimate of drug-likeness (QED) is 0.526. The topological polar surface area (TPSA) is 97.5 Å². The summed E-state index contributed by atoms with van der Waals surface area (Å²) in [5.74, 6) is -0.260. The number of thioether (sulfide) groups is 1. The Kier molecular flexibility index (Phi) is 8.79. The van der Waals surface area contributed by atoms with Gasteiger partial charge in [-0.15, -0.1) is 11.3 Å². The molecule has 2 amide bonds. The largest absolute Gasteiger partial charge is 0.374 e. The molecule has 1 aromatic heterocycles. The number of nitrogens with one attached hydrogen (secondary N) is 1. The highest BCUT2D eigenvalue weighted by Gasteiger charge is 2.21. The molecule has 11 heteroatoms. The normalized spacial score (nSPS) is 17.1. The Morgan fingerprint density at radius 3 is 2.83 bits per heavy atom. The van der Waals surface area contributed by atoms with Crippen molar-refractivity contribution in [2.45, 2.75) is 23.4 Å². The van der Waals surface area contributed by atoms with Crippen molar-refractivity contribution in [2.75, 3.05) is 32.0 Å². The lowest BCUT2D eigenvalue weighted by atomic mass is 10.2. The maximum Gasteiger partial charge on any atom is 0.230 e. The minimum atomic E-state index is -0.422. The van der Waals surface area contributed by atoms with Crippen molar-refractivity contribution in [3.63, 3.8) is 0 Å². The highest BCUT2D eigenvalue weighted by Crippen LogP contribution is 2.23. The zero-order valence-corrected chi connectivity index (χ0v) is 19.3. The number of hydrogen-bond acceptors (Lipinski definition) is 7. The van der Waals surface area contributed by atoms with Crippen LogP contribution in [0.4, 0.5) is 0 Å². The molecule has 0 spiro atoms. The summed E-state index contributed by atoms with van der Waals surface area (Å²) in [5.41, 5.74) is 6.84. The maximum absolute atomic E-state index is 12.2. The first-order valence-electron chi connectivity index (χ1n) is 9.28. The third-order valence-corrected chi connectivity index (χ3v) is 6.80. The van der Waals surface area contributed by atoms with Gasteiger partial charge in [0, 0.05) is 41.6 Å². The fraction of sp³-hybridized carbons (Fsp3) is 0.421. The molecule has 1 atom stereocenters. The van der Waals surface area contributed by atoms with E-state index in [9.17, 15) is 9.59 Å². The van der Waals surface area contributed by atoms with E-state index in [0.29, 0.717) is 35.4 Å². The zero-order chi connectivity index (χ0) is 21.5. The third kappa shape index (κ3) is 7.72. The highest BCUT2D eigenvalue weighted by atomic mass is 35.5. The van der Waals surface area contributed by atoms with Crippen LogP contribution in [-0.2, 0) is 27.3 Å². The van der Waals surface area contributed by atoms with Gasteiger partial charge < -0.3 is 15.8 Å². The van der Waals surface area contributed by atoms with Crippen LogP contribution < -0.4 is 11.1 Å². The zero-order valence-electron chi connectivity index (χ0n) is 16.1. The van der Waals surface area contributed by atoms with Crippen LogP contribution in [0.1, 0.15) is 11.3 Å². The van der Waals surface area contributed by atoms with Crippen molar-refractivity contribution in [1.29, 1.82) is 0 Å². The Bertz CT molecular complexity index is 876. The van der Waals surface area contributed by atoms with E-state index in [1.54, 1.807) is 11.4 Å². The molecule has 1 unspecified atom stereocenters. The van der Waals surface area contributed by atoms with Gasteiger partial charge in [-0.3, -0.25) is 14.5 Å². The fourth-order valence-corrected chi connectivity index (χ4v) is 5.27. The summed E-state index contributed by atoms with van der Waals surface area (Å²) in [4.78, 5) is 29.6. The van der Waals surface area contributed by atoms with Crippen molar-refractivity contribution in [2.24, 2.45) is 5.73 Å². The van der Waals surface area contributed by atoms with Crippen LogP contribution in [0.25, 0.3) is 0 Å². The molecule has 1 saturated heterocycles. The van der Waals surface area contributed by atoms with E-state index >= 15 is 0 Å². The number of nitrogens with zero attached hydrogens (tertiary/aromatic N) is 2. The molecule has 1 aromatic carbocycles. The molecule has 3 N–H and O–H groups in total. The van der Waals surface area contributed by atoms with Crippen molar-refractivity contribution >= 4 is 58.1 Å². The van der Waals surface area contributed by atoms with E-state index in [1.165, 1.54) is 23.1 Å². The van der Waals surface area contributed by atoms with E-state index in [1.807, 2.05) is 12.1 Å². The average Bonchev–Trinajstić information content (AvgIpc) is 3.11. The van der Waals surface area contributed by atoms with Crippen LogP contribution in [0, 0.1) is 0 Å². The average molecular weight is 489 g/mol. The number of morpholine rings is 1. The predicted octanol–water partition coefficient (Wildman–Crippen LogP) is 2.59. The Morgan fingerprint density at radius 2 is 2.10 bits per heavy atom. The Balaban J connectivity index is 1.40. The number of benzene rings is 1. The monoisotopic (exact) mass is 488 g/mol. The van der Waals surface area contributed by atoms with Crippen molar-refractivity contribution < 1.29 is 14.3 Å². The molecule has 0 radical (unpaired) electrons. The number of amides is 2. The van der Waals surface area contributed by atoms with Gasteiger partial charge >= 0.3 is 0 Å². The molecular formula is C19H22Cl2N4O3S2. The van der Waals surface area contributed by atoms with Gasteiger partial charge in [-0.25, -0.2) is 4.98 Å². The van der Waals surface area contributed by atoms with Gasteiger partial charge in [0.1, 0.15) is 0 Å². The molecule has 1 aliphatic heterocycles. The second kappa shape index (κ2) is 11.3. The molecule has 30 heavy (non-hydrogen) atoms. The van der Waals surface area contributed by atoms with Crippen LogP contribution in [0.3, 0.4) is 0 Å². The summed E-state index contributed by atoms with van der Waals surface area (Å²) in [6.07, 6.45) is 0.0320. The Morgan fingerprint density at radius 1 is 1.33 bits per heavy atom. The van der Waals surface area contributed by atoms with Crippen molar-refractivity contribution in [3.05, 3.63) is 44.9 Å². The number of carbonyl (C=O) groups is 2. The smallest absolute Gasteiger partial charge is 0.230 e. The number of rotatable bonds is 9. The SMILES string of the molecule is NC(=O)Cc1csc(SCC(=O)NCC2CN(Cc3cc(Cl)cc(Cl)c3)CCO2)n1. The second-order valence-electron chi connectivity index (χ2n) is 6.85. The molecule has 2 heterocycles. The number of ether oxygens (including phenoxy) is 1. The summed E-state index contributed by atoms with van der Waals surface area (Å²) in [6.45, 7) is 3.28. The van der Waals surface area contributed by atoms with E-state index in [-0.39, 0.29) is 24.2 Å². The van der Waals surface area contributed by atoms with E-state index in [2.05, 4.69) is 15.2 Å². The molecule has 7 nitrogen and oxygen atoms in total. The minimum Gasteiger partial charge on any atom is -0.374 e. The number of halogens is 2. The first-order chi connectivity index (χ1) is 14.4. The van der Waals surface area contributed by atoms with Crippen molar-refractivity contribution in [1.82, 2.24) is 15.2 Å². The third-order valence-electron chi connectivity index (χ3n) is 4.29.